The predicted octanol–water partition coefficient (Wildman–Crippen LogP) is 10.6. The quantitative estimate of drug-likeness (QED) is 0.265. The van der Waals surface area contributed by atoms with E-state index in [4.69, 9.17) is 0 Å². The zero-order valence-electron chi connectivity index (χ0n) is 33.5. The Morgan fingerprint density at radius 2 is 1.50 bits per heavy atom. The lowest BCUT2D eigenvalue weighted by molar-refractivity contribution is 0.214. The minimum atomic E-state index is 0.224. The van der Waals surface area contributed by atoms with Crippen molar-refractivity contribution in [2.75, 3.05) is 0 Å². The molecule has 12 atom stereocenters. The molecule has 0 aromatic rings. The van der Waals surface area contributed by atoms with Crippen molar-refractivity contribution in [1.82, 2.24) is 20.4 Å². The van der Waals surface area contributed by atoms with E-state index in [9.17, 15) is 0 Å². The van der Waals surface area contributed by atoms with E-state index in [0.29, 0.717) is 65.8 Å². The molecule has 0 aromatic heterocycles. The number of hydrogen-bond acceptors (Lipinski definition) is 4. The number of nitrogens with zero attached hydrogens (tertiary/aromatic N) is 2. The number of fused-ring (bicyclic) bond motifs is 6. The molecule has 0 amide bonds. The zero-order chi connectivity index (χ0) is 37.0. The Bertz CT molecular complexity index is 1920. The number of likely N-dealkylation sites (tertiary alicyclic amines) is 2. The molecule has 8 aliphatic carbocycles. The molecule has 0 spiro atoms. The molecular weight excluding hydrogens is 681 g/mol. The van der Waals surface area contributed by atoms with Crippen LogP contribution in [0, 0.1) is 29.6 Å². The van der Waals surface area contributed by atoms with Crippen LogP contribution in [0.15, 0.2) is 143 Å². The highest BCUT2D eigenvalue weighted by atomic mass is 15.2. The van der Waals surface area contributed by atoms with Gasteiger partial charge in [0.1, 0.15) is 0 Å². The maximum Gasteiger partial charge on any atom is 0.0839 e. The minimum Gasteiger partial charge on any atom is -0.361 e. The standard InChI is InChI=1S/C52H64N4/c1-4-14-35(15-5-1)46-34-47(54-52(53-46)37-16-6-2-7-17-37)36-24-28-41(29-25-36)56-49-23-13-11-21-43(49)45-33-39(27-31-51(45)56)38-26-30-50-44(32-38)42-20-10-12-22-48(42)55(50)40-18-8-3-9-19-40/h1,3-6,8,12,14,16-18,21-22,24,27-28,31-32,35,38-39,42,45-54H,2,7,9-11,13,15,19-20,23,25-26,29-30,33-34H2. The molecule has 4 nitrogen and oxygen atoms in total. The number of hydrogen-bond donors (Lipinski definition) is 2. The first kappa shape index (κ1) is 35.6. The Morgan fingerprint density at radius 1 is 0.571 bits per heavy atom. The maximum absolute atomic E-state index is 4.10. The molecule has 0 aromatic carbocycles. The van der Waals surface area contributed by atoms with Crippen molar-refractivity contribution in [1.29, 1.82) is 0 Å². The monoisotopic (exact) mass is 745 g/mol. The van der Waals surface area contributed by atoms with Crippen LogP contribution >= 0.6 is 0 Å². The third-order valence-electron chi connectivity index (χ3n) is 16.0. The molecule has 292 valence electrons. The summed E-state index contributed by atoms with van der Waals surface area (Å²) in [5, 5.41) is 8.15. The average molecular weight is 745 g/mol. The van der Waals surface area contributed by atoms with Crippen LogP contribution in [0.2, 0.25) is 0 Å². The Kier molecular flexibility index (Phi) is 9.71. The molecule has 56 heavy (non-hydrogen) atoms. The first-order valence-electron chi connectivity index (χ1n) is 23.1. The summed E-state index contributed by atoms with van der Waals surface area (Å²) in [5.41, 5.74) is 9.82. The van der Waals surface area contributed by atoms with Gasteiger partial charge < -0.3 is 9.80 Å². The predicted molar refractivity (Wildman–Crippen MR) is 231 cm³/mol. The summed E-state index contributed by atoms with van der Waals surface area (Å²) in [6.07, 6.45) is 64.7. The van der Waals surface area contributed by atoms with Gasteiger partial charge in [-0.1, -0.05) is 103 Å². The molecular formula is C52H64N4. The summed E-state index contributed by atoms with van der Waals surface area (Å²) >= 11 is 0. The average Bonchev–Trinajstić information content (AvgIpc) is 3.79. The molecule has 3 aliphatic heterocycles. The summed E-state index contributed by atoms with van der Waals surface area (Å²) in [7, 11) is 0. The fraction of sp³-hybridized carbons (Fsp3) is 0.538. The normalized spacial score (nSPS) is 41.1. The van der Waals surface area contributed by atoms with Crippen LogP contribution in [0.4, 0.5) is 0 Å². The van der Waals surface area contributed by atoms with Crippen molar-refractivity contribution in [3.05, 3.63) is 143 Å². The van der Waals surface area contributed by atoms with Gasteiger partial charge in [-0.3, -0.25) is 10.6 Å². The molecule has 11 aliphatic rings. The molecule has 3 heterocycles. The lowest BCUT2D eigenvalue weighted by Crippen LogP contribution is -2.61. The maximum atomic E-state index is 4.10. The lowest BCUT2D eigenvalue weighted by Gasteiger charge is -2.43. The van der Waals surface area contributed by atoms with Crippen LogP contribution in [-0.4, -0.2) is 52.2 Å². The van der Waals surface area contributed by atoms with Gasteiger partial charge in [0.25, 0.3) is 0 Å². The Morgan fingerprint density at radius 3 is 2.34 bits per heavy atom. The smallest absolute Gasteiger partial charge is 0.0839 e. The molecule has 11 rings (SSSR count). The van der Waals surface area contributed by atoms with Gasteiger partial charge in [-0.25, -0.2) is 0 Å². The fourth-order valence-electron chi connectivity index (χ4n) is 13.4. The van der Waals surface area contributed by atoms with Gasteiger partial charge in [-0.15, -0.1) is 0 Å². The van der Waals surface area contributed by atoms with Crippen LogP contribution < -0.4 is 10.6 Å². The van der Waals surface area contributed by atoms with Crippen LogP contribution in [0.3, 0.4) is 0 Å². The third-order valence-corrected chi connectivity index (χ3v) is 16.0. The van der Waals surface area contributed by atoms with E-state index < -0.39 is 0 Å². The molecule has 0 saturated carbocycles. The second kappa shape index (κ2) is 15.3. The van der Waals surface area contributed by atoms with Crippen LogP contribution in [-0.2, 0) is 0 Å². The first-order chi connectivity index (χ1) is 27.8. The van der Waals surface area contributed by atoms with Crippen molar-refractivity contribution >= 4 is 0 Å². The van der Waals surface area contributed by atoms with Gasteiger partial charge in [0.15, 0.2) is 0 Å². The van der Waals surface area contributed by atoms with E-state index in [0.717, 1.165) is 25.7 Å². The van der Waals surface area contributed by atoms with E-state index >= 15 is 0 Å². The molecule has 12 unspecified atom stereocenters. The fourth-order valence-corrected chi connectivity index (χ4v) is 13.4. The van der Waals surface area contributed by atoms with E-state index in [1.165, 1.54) is 82.6 Å². The van der Waals surface area contributed by atoms with E-state index in [2.05, 4.69) is 130 Å². The summed E-state index contributed by atoms with van der Waals surface area (Å²) in [4.78, 5) is 5.81. The van der Waals surface area contributed by atoms with E-state index in [1.54, 1.807) is 28.1 Å². The third kappa shape index (κ3) is 6.42. The number of nitrogens with one attached hydrogen (secondary N) is 2. The van der Waals surface area contributed by atoms with Crippen molar-refractivity contribution in [2.45, 2.75) is 145 Å². The Hall–Kier alpha value is -3.60. The van der Waals surface area contributed by atoms with E-state index in [-0.39, 0.29) is 6.17 Å². The van der Waals surface area contributed by atoms with Crippen molar-refractivity contribution in [2.24, 2.45) is 29.6 Å². The first-order valence-corrected chi connectivity index (χ1v) is 23.1. The topological polar surface area (TPSA) is 30.5 Å². The molecule has 0 radical (unpaired) electrons. The summed E-state index contributed by atoms with van der Waals surface area (Å²) in [6.45, 7) is 0. The second-order valence-corrected chi connectivity index (χ2v) is 19.0. The molecule has 0 bridgehead atoms. The number of allylic oxidation sites excluding steroid dienone is 16. The minimum absolute atomic E-state index is 0.224. The molecule has 3 fully saturated rings. The second-order valence-electron chi connectivity index (χ2n) is 19.0. The van der Waals surface area contributed by atoms with Gasteiger partial charge in [-0.2, -0.15) is 0 Å². The van der Waals surface area contributed by atoms with Crippen molar-refractivity contribution < 1.29 is 0 Å². The van der Waals surface area contributed by atoms with Gasteiger partial charge in [-0.05, 0) is 149 Å². The highest BCUT2D eigenvalue weighted by Gasteiger charge is 2.50. The van der Waals surface area contributed by atoms with Crippen molar-refractivity contribution in [3.8, 4) is 0 Å². The van der Waals surface area contributed by atoms with Crippen LogP contribution in [0.1, 0.15) is 103 Å². The summed E-state index contributed by atoms with van der Waals surface area (Å²) in [6, 6.07) is 3.20. The molecule has 2 N–H and O–H groups in total. The van der Waals surface area contributed by atoms with Crippen LogP contribution in [0.25, 0.3) is 0 Å². The summed E-state index contributed by atoms with van der Waals surface area (Å²) < 4.78 is 0. The van der Waals surface area contributed by atoms with Crippen molar-refractivity contribution in [3.63, 3.8) is 0 Å². The largest absolute Gasteiger partial charge is 0.361 e. The van der Waals surface area contributed by atoms with Gasteiger partial charge in [0, 0.05) is 35.3 Å². The van der Waals surface area contributed by atoms with Gasteiger partial charge >= 0.3 is 0 Å². The zero-order valence-corrected chi connectivity index (χ0v) is 33.5. The number of rotatable bonds is 6. The van der Waals surface area contributed by atoms with Gasteiger partial charge in [0.05, 0.1) is 30.3 Å². The SMILES string of the molecule is C1=CCCC(N2C3CCC(C4C=CC5C(C4)C4=CCCCC4N5C4=CC=C(C5CC(C6C=CC=CC6)NC(C6=CCCC=C6)N5)CC4)C=C3C3CCC=CC32)=C1. The summed E-state index contributed by atoms with van der Waals surface area (Å²) in [5.74, 6) is 3.30. The van der Waals surface area contributed by atoms with Crippen LogP contribution in [0.5, 0.6) is 0 Å². The lowest BCUT2D eigenvalue weighted by atomic mass is 9.70. The van der Waals surface area contributed by atoms with E-state index in [1.807, 2.05) is 0 Å². The highest BCUT2D eigenvalue weighted by Crippen LogP contribution is 2.53. The molecule has 4 heteroatoms. The van der Waals surface area contributed by atoms with Gasteiger partial charge in [0.2, 0.25) is 0 Å². The Balaban J connectivity index is 0.836. The molecule has 3 saturated heterocycles. The Labute approximate surface area is 337 Å². The highest BCUT2D eigenvalue weighted by molar-refractivity contribution is 5.40.